The number of hydrogen-bond acceptors (Lipinski definition) is 6. The van der Waals surface area contributed by atoms with E-state index in [1.807, 2.05) is 50.2 Å². The fraction of sp³-hybridized carbons (Fsp3) is 0.415. The van der Waals surface area contributed by atoms with Crippen LogP contribution in [0.15, 0.2) is 121 Å². The van der Waals surface area contributed by atoms with E-state index in [1.54, 1.807) is 0 Å². The fourth-order valence-corrected chi connectivity index (χ4v) is 16.0. The summed E-state index contributed by atoms with van der Waals surface area (Å²) in [7, 11) is -5.10. The average Bonchev–Trinajstić information content (AvgIpc) is 3.44. The van der Waals surface area contributed by atoms with Crippen LogP contribution in [0, 0.1) is 0 Å². The minimum atomic E-state index is -2.60. The largest absolute Gasteiger partial charge is 0.405 e. The second-order valence-corrected chi connectivity index (χ2v) is 23.8. The molecule has 0 unspecified atom stereocenters. The molecule has 6 nitrogen and oxygen atoms in total. The highest BCUT2D eigenvalue weighted by atomic mass is 28.4. The van der Waals surface area contributed by atoms with Gasteiger partial charge in [-0.05, 0) is 44.7 Å². The normalized spacial score (nSPS) is 17.2. The molecule has 8 heteroatoms. The van der Waals surface area contributed by atoms with Crippen LogP contribution in [0.3, 0.4) is 0 Å². The van der Waals surface area contributed by atoms with Crippen LogP contribution in [-0.2, 0) is 18.3 Å². The third-order valence-corrected chi connectivity index (χ3v) is 19.1. The van der Waals surface area contributed by atoms with Crippen molar-refractivity contribution in [2.75, 3.05) is 26.4 Å². The quantitative estimate of drug-likeness (QED) is 0.198. The van der Waals surface area contributed by atoms with Gasteiger partial charge in [0.1, 0.15) is 6.10 Å². The summed E-state index contributed by atoms with van der Waals surface area (Å²) in [6, 6.07) is 41.9. The lowest BCUT2D eigenvalue weighted by atomic mass is 10.2. The maximum absolute atomic E-state index is 9.83. The number of hydrogen-bond donors (Lipinski definition) is 2. The van der Waals surface area contributed by atoms with E-state index in [4.69, 9.17) is 23.4 Å². The van der Waals surface area contributed by atoms with Crippen molar-refractivity contribution in [1.29, 1.82) is 0 Å². The van der Waals surface area contributed by atoms with E-state index in [9.17, 15) is 5.11 Å². The molecule has 1 aliphatic heterocycles. The maximum atomic E-state index is 9.83. The molecule has 0 saturated carbocycles. The molecule has 0 radical (unpaired) electrons. The molecule has 49 heavy (non-hydrogen) atoms. The van der Waals surface area contributed by atoms with Crippen LogP contribution in [0.5, 0.6) is 0 Å². The molecule has 0 bridgehead atoms. The second kappa shape index (κ2) is 16.4. The first-order chi connectivity index (χ1) is 23.2. The topological polar surface area (TPSA) is 77.4 Å². The Balaban J connectivity index is 0.000000223. The summed E-state index contributed by atoms with van der Waals surface area (Å²) < 4.78 is 25.1. The molecule has 1 saturated heterocycles. The van der Waals surface area contributed by atoms with Gasteiger partial charge < -0.3 is 28.5 Å². The van der Waals surface area contributed by atoms with E-state index >= 15 is 0 Å². The summed E-state index contributed by atoms with van der Waals surface area (Å²) in [5.74, 6) is -0.528. The SMILES string of the molecule is CC(C)(C)[Si](OC[C@@H](O)CO)(c1ccccc1)c1ccccc1.CC1(C)OC[C@@H](CO[Si](c2ccccc2)(c2ccccc2)C(C)(C)C)O1. The monoisotopic (exact) mass is 700 g/mol. The zero-order chi connectivity index (χ0) is 35.8. The van der Waals surface area contributed by atoms with Crippen molar-refractivity contribution in [2.24, 2.45) is 0 Å². The van der Waals surface area contributed by atoms with Crippen LogP contribution in [0.25, 0.3) is 0 Å². The number of benzene rings is 4. The second-order valence-electron chi connectivity index (χ2n) is 15.2. The fourth-order valence-electron chi connectivity index (χ4n) is 6.86. The van der Waals surface area contributed by atoms with Gasteiger partial charge in [-0.1, -0.05) is 163 Å². The summed E-state index contributed by atoms with van der Waals surface area (Å²) in [6.45, 7) is 18.3. The summed E-state index contributed by atoms with van der Waals surface area (Å²) >= 11 is 0. The van der Waals surface area contributed by atoms with Crippen molar-refractivity contribution in [2.45, 2.75) is 83.5 Å². The molecule has 0 spiro atoms. The van der Waals surface area contributed by atoms with Crippen LogP contribution < -0.4 is 20.7 Å². The van der Waals surface area contributed by atoms with Crippen molar-refractivity contribution in [1.82, 2.24) is 0 Å². The number of rotatable bonds is 11. The van der Waals surface area contributed by atoms with Crippen LogP contribution >= 0.6 is 0 Å². The van der Waals surface area contributed by atoms with Gasteiger partial charge in [-0.15, -0.1) is 0 Å². The van der Waals surface area contributed by atoms with Gasteiger partial charge in [-0.25, -0.2) is 0 Å². The zero-order valence-electron chi connectivity index (χ0n) is 30.6. The summed E-state index contributed by atoms with van der Waals surface area (Å²) in [5.41, 5.74) is 0. The zero-order valence-corrected chi connectivity index (χ0v) is 32.6. The van der Waals surface area contributed by atoms with Gasteiger partial charge in [0.25, 0.3) is 16.6 Å². The highest BCUT2D eigenvalue weighted by Gasteiger charge is 2.52. The Kier molecular flexibility index (Phi) is 13.0. The number of aliphatic hydroxyl groups excluding tert-OH is 2. The molecular formula is C41H56O6Si2. The van der Waals surface area contributed by atoms with Crippen LogP contribution in [0.2, 0.25) is 10.1 Å². The highest BCUT2D eigenvalue weighted by Crippen LogP contribution is 2.38. The molecule has 0 aliphatic carbocycles. The molecule has 2 N–H and O–H groups in total. The van der Waals surface area contributed by atoms with Gasteiger partial charge in [0.2, 0.25) is 0 Å². The van der Waals surface area contributed by atoms with E-state index in [0.717, 1.165) is 0 Å². The predicted molar refractivity (Wildman–Crippen MR) is 205 cm³/mol. The van der Waals surface area contributed by atoms with E-state index in [-0.39, 0.29) is 29.4 Å². The van der Waals surface area contributed by atoms with Gasteiger partial charge in [0.05, 0.1) is 32.5 Å². The molecule has 4 aromatic rings. The lowest BCUT2D eigenvalue weighted by Gasteiger charge is -2.43. The average molecular weight is 701 g/mol. The summed E-state index contributed by atoms with van der Waals surface area (Å²) in [5, 5.41) is 23.8. The van der Waals surface area contributed by atoms with Gasteiger partial charge in [0, 0.05) is 0 Å². The van der Waals surface area contributed by atoms with Gasteiger partial charge >= 0.3 is 0 Å². The molecular weight excluding hydrogens is 645 g/mol. The third kappa shape index (κ3) is 9.06. The molecule has 2 atom stereocenters. The first kappa shape index (κ1) is 38.9. The van der Waals surface area contributed by atoms with E-state index in [0.29, 0.717) is 13.2 Å². The van der Waals surface area contributed by atoms with Gasteiger partial charge in [-0.2, -0.15) is 0 Å². The Labute approximate surface area is 296 Å². The van der Waals surface area contributed by atoms with Gasteiger partial charge in [-0.3, -0.25) is 0 Å². The lowest BCUT2D eigenvalue weighted by molar-refractivity contribution is -0.141. The van der Waals surface area contributed by atoms with Crippen LogP contribution in [0.1, 0.15) is 55.4 Å². The molecule has 264 valence electrons. The Morgan fingerprint density at radius 3 is 1.29 bits per heavy atom. The standard InChI is InChI=1S/C22H30O3Si.C19H26O3Si/c1-21(2,3)26(19-12-8-6-9-13-19,20-14-10-7-11-15-20)24-17-18-16-23-22(4,5)25-18;1-19(2,3)23(22-15-16(21)14-20,17-10-6-4-7-11-17)18-12-8-5-9-13-18/h6-15,18H,16-17H2,1-5H3;4-13,16,20-21H,14-15H2,1-3H3/t18-;16-/m00/s1. The third-order valence-electron chi connectivity index (χ3n) is 9.09. The van der Waals surface area contributed by atoms with Crippen molar-refractivity contribution in [3.05, 3.63) is 121 Å². The first-order valence-corrected chi connectivity index (χ1v) is 21.1. The lowest BCUT2D eigenvalue weighted by Crippen LogP contribution is -2.67. The predicted octanol–water partition coefficient (Wildman–Crippen LogP) is 5.63. The van der Waals surface area contributed by atoms with Gasteiger partial charge in [0.15, 0.2) is 5.79 Å². The minimum Gasteiger partial charge on any atom is -0.405 e. The molecule has 1 aliphatic rings. The Morgan fingerprint density at radius 2 is 1.00 bits per heavy atom. The Bertz CT molecular complexity index is 1460. The van der Waals surface area contributed by atoms with E-state index in [1.165, 1.54) is 20.7 Å². The molecule has 4 aromatic carbocycles. The summed E-state index contributed by atoms with van der Waals surface area (Å²) in [4.78, 5) is 0. The van der Waals surface area contributed by atoms with Crippen molar-refractivity contribution in [3.63, 3.8) is 0 Å². The summed E-state index contributed by atoms with van der Waals surface area (Å²) in [6.07, 6.45) is -0.900. The van der Waals surface area contributed by atoms with Crippen molar-refractivity contribution in [3.8, 4) is 0 Å². The van der Waals surface area contributed by atoms with Crippen molar-refractivity contribution < 1.29 is 28.5 Å². The molecule has 1 fully saturated rings. The Morgan fingerprint density at radius 1 is 0.653 bits per heavy atom. The molecule has 0 amide bonds. The maximum Gasteiger partial charge on any atom is 0.261 e. The van der Waals surface area contributed by atoms with Crippen LogP contribution in [0.4, 0.5) is 0 Å². The van der Waals surface area contributed by atoms with E-state index in [2.05, 4.69) is 126 Å². The Hall–Kier alpha value is -2.93. The smallest absolute Gasteiger partial charge is 0.261 e. The number of aliphatic hydroxyl groups is 2. The minimum absolute atomic E-state index is 0.0231. The highest BCUT2D eigenvalue weighted by molar-refractivity contribution is 7.00. The van der Waals surface area contributed by atoms with Crippen molar-refractivity contribution >= 4 is 37.4 Å². The molecule has 5 rings (SSSR count). The first-order valence-electron chi connectivity index (χ1n) is 17.3. The van der Waals surface area contributed by atoms with Crippen LogP contribution in [-0.4, -0.2) is 71.3 Å². The molecule has 1 heterocycles. The van der Waals surface area contributed by atoms with E-state index < -0.39 is 28.5 Å². The number of ether oxygens (including phenoxy) is 2. The molecule has 0 aromatic heterocycles.